The lowest BCUT2D eigenvalue weighted by molar-refractivity contribution is -0.136. The second-order valence-corrected chi connectivity index (χ2v) is 6.94. The summed E-state index contributed by atoms with van der Waals surface area (Å²) in [4.78, 5) is 24.9. The minimum absolute atomic E-state index is 0. The molecule has 4 N–H and O–H groups in total. The van der Waals surface area contributed by atoms with Crippen LogP contribution in [0.25, 0.3) is 0 Å². The van der Waals surface area contributed by atoms with Crippen molar-refractivity contribution in [2.45, 2.75) is 19.4 Å². The van der Waals surface area contributed by atoms with Crippen molar-refractivity contribution < 1.29 is 18.7 Å². The molecule has 8 heteroatoms. The number of carbonyl (C=O) groups is 2. The summed E-state index contributed by atoms with van der Waals surface area (Å²) in [5.74, 6) is -0.793. The summed E-state index contributed by atoms with van der Waals surface area (Å²) in [6.45, 7) is 1.70. The molecule has 2 aromatic rings. The zero-order valence-corrected chi connectivity index (χ0v) is 16.8. The summed E-state index contributed by atoms with van der Waals surface area (Å²) in [5, 5.41) is 5.73. The maximum Gasteiger partial charge on any atom is 0.255 e. The maximum absolute atomic E-state index is 13.0. The van der Waals surface area contributed by atoms with E-state index in [1.165, 1.54) is 24.3 Å². The molecule has 1 aliphatic heterocycles. The van der Waals surface area contributed by atoms with Gasteiger partial charge >= 0.3 is 0 Å². The molecule has 1 fully saturated rings. The number of benzene rings is 2. The monoisotopic (exact) mass is 421 g/mol. The smallest absolute Gasteiger partial charge is 0.255 e. The van der Waals surface area contributed by atoms with E-state index >= 15 is 0 Å². The van der Waals surface area contributed by atoms with Crippen LogP contribution in [-0.4, -0.2) is 31.6 Å². The molecule has 0 atom stereocenters. The first-order chi connectivity index (χ1) is 13.5. The summed E-state index contributed by atoms with van der Waals surface area (Å²) in [6.07, 6.45) is 1.23. The summed E-state index contributed by atoms with van der Waals surface area (Å²) in [6, 6.07) is 12.5. The number of anilines is 1. The number of nitrogens with one attached hydrogen (secondary N) is 2. The molecule has 0 saturated carbocycles. The van der Waals surface area contributed by atoms with Crippen molar-refractivity contribution in [3.63, 3.8) is 0 Å². The number of hydrogen-bond acceptors (Lipinski definition) is 4. The van der Waals surface area contributed by atoms with Gasteiger partial charge in [-0.25, -0.2) is 4.39 Å². The van der Waals surface area contributed by atoms with E-state index in [1.807, 2.05) is 6.07 Å². The molecule has 1 aliphatic rings. The van der Waals surface area contributed by atoms with Gasteiger partial charge in [0.25, 0.3) is 5.91 Å². The Bertz CT molecular complexity index is 839. The molecule has 6 nitrogen and oxygen atoms in total. The van der Waals surface area contributed by atoms with Gasteiger partial charge in [0.1, 0.15) is 5.82 Å². The van der Waals surface area contributed by atoms with Crippen molar-refractivity contribution in [1.29, 1.82) is 0 Å². The fourth-order valence-corrected chi connectivity index (χ4v) is 3.22. The van der Waals surface area contributed by atoms with E-state index in [2.05, 4.69) is 10.6 Å². The lowest BCUT2D eigenvalue weighted by atomic mass is 9.79. The SMILES string of the molecule is Cl.NCC1(C(=O)NCc2cccc(NC(=O)c3ccc(F)cc3)c2)CCOCC1. The van der Waals surface area contributed by atoms with Crippen molar-refractivity contribution in [3.05, 3.63) is 65.5 Å². The third-order valence-electron chi connectivity index (χ3n) is 5.07. The molecule has 0 radical (unpaired) electrons. The highest BCUT2D eigenvalue weighted by Gasteiger charge is 2.38. The molecule has 1 saturated heterocycles. The second kappa shape index (κ2) is 10.3. The Balaban J connectivity index is 0.00000300. The van der Waals surface area contributed by atoms with E-state index in [0.717, 1.165) is 5.56 Å². The van der Waals surface area contributed by atoms with Gasteiger partial charge in [0.2, 0.25) is 5.91 Å². The Morgan fingerprint density at radius 2 is 1.79 bits per heavy atom. The molecule has 1 heterocycles. The molecular weight excluding hydrogens is 397 g/mol. The lowest BCUT2D eigenvalue weighted by Gasteiger charge is -2.34. The van der Waals surface area contributed by atoms with E-state index in [0.29, 0.717) is 43.9 Å². The molecule has 156 valence electrons. The Labute approximate surface area is 175 Å². The largest absolute Gasteiger partial charge is 0.381 e. The zero-order chi connectivity index (χ0) is 20.0. The topological polar surface area (TPSA) is 93.5 Å². The number of nitrogens with two attached hydrogens (primary N) is 1. The Morgan fingerprint density at radius 3 is 2.45 bits per heavy atom. The molecule has 2 amide bonds. The van der Waals surface area contributed by atoms with Crippen LogP contribution in [-0.2, 0) is 16.1 Å². The van der Waals surface area contributed by atoms with Gasteiger partial charge in [-0.2, -0.15) is 0 Å². The third kappa shape index (κ3) is 5.76. The van der Waals surface area contributed by atoms with Crippen LogP contribution in [0, 0.1) is 11.2 Å². The van der Waals surface area contributed by atoms with Crippen LogP contribution in [0.3, 0.4) is 0 Å². The quantitative estimate of drug-likeness (QED) is 0.668. The van der Waals surface area contributed by atoms with Crippen LogP contribution in [0.2, 0.25) is 0 Å². The first-order valence-electron chi connectivity index (χ1n) is 9.24. The maximum atomic E-state index is 13.0. The minimum atomic E-state index is -0.577. The van der Waals surface area contributed by atoms with Crippen molar-refractivity contribution in [2.75, 3.05) is 25.1 Å². The van der Waals surface area contributed by atoms with E-state index in [9.17, 15) is 14.0 Å². The Morgan fingerprint density at radius 1 is 1.10 bits per heavy atom. The van der Waals surface area contributed by atoms with Gasteiger partial charge in [-0.3, -0.25) is 9.59 Å². The first kappa shape index (κ1) is 22.8. The van der Waals surface area contributed by atoms with Crippen molar-refractivity contribution >= 4 is 29.9 Å². The molecular formula is C21H25ClFN3O3. The highest BCUT2D eigenvalue weighted by molar-refractivity contribution is 6.04. The normalized spacial score (nSPS) is 15.1. The minimum Gasteiger partial charge on any atom is -0.381 e. The predicted octanol–water partition coefficient (Wildman–Crippen LogP) is 2.87. The fraction of sp³-hybridized carbons (Fsp3) is 0.333. The van der Waals surface area contributed by atoms with E-state index in [1.54, 1.807) is 18.2 Å². The van der Waals surface area contributed by atoms with Gasteiger partial charge in [-0.05, 0) is 54.8 Å². The van der Waals surface area contributed by atoms with Crippen LogP contribution in [0.5, 0.6) is 0 Å². The van der Waals surface area contributed by atoms with Gasteiger partial charge in [0, 0.05) is 37.6 Å². The number of hydrogen-bond donors (Lipinski definition) is 3. The standard InChI is InChI=1S/C21H24FN3O3.ClH/c22-17-6-4-16(5-7-17)19(26)25-18-3-1-2-15(12-18)13-24-20(27)21(14-23)8-10-28-11-9-21;/h1-7,12H,8-11,13-14,23H2,(H,24,27)(H,25,26);1H. The Hall–Kier alpha value is -2.48. The van der Waals surface area contributed by atoms with Crippen LogP contribution < -0.4 is 16.4 Å². The molecule has 0 bridgehead atoms. The van der Waals surface area contributed by atoms with Crippen LogP contribution >= 0.6 is 12.4 Å². The number of amides is 2. The van der Waals surface area contributed by atoms with Crippen molar-refractivity contribution in [3.8, 4) is 0 Å². The summed E-state index contributed by atoms with van der Waals surface area (Å²) < 4.78 is 18.3. The molecule has 2 aromatic carbocycles. The molecule has 0 aliphatic carbocycles. The van der Waals surface area contributed by atoms with E-state index in [4.69, 9.17) is 10.5 Å². The predicted molar refractivity (Wildman–Crippen MR) is 111 cm³/mol. The van der Waals surface area contributed by atoms with Gasteiger partial charge in [-0.1, -0.05) is 12.1 Å². The number of rotatable bonds is 6. The fourth-order valence-electron chi connectivity index (χ4n) is 3.22. The van der Waals surface area contributed by atoms with Gasteiger partial charge < -0.3 is 21.1 Å². The lowest BCUT2D eigenvalue weighted by Crippen LogP contribution is -2.48. The number of carbonyl (C=O) groups excluding carboxylic acids is 2. The average Bonchev–Trinajstić information content (AvgIpc) is 2.73. The molecule has 29 heavy (non-hydrogen) atoms. The molecule has 0 aromatic heterocycles. The van der Waals surface area contributed by atoms with Crippen LogP contribution in [0.1, 0.15) is 28.8 Å². The van der Waals surface area contributed by atoms with E-state index in [-0.39, 0.29) is 30.8 Å². The number of ether oxygens (including phenoxy) is 1. The van der Waals surface area contributed by atoms with E-state index < -0.39 is 11.2 Å². The highest BCUT2D eigenvalue weighted by atomic mass is 35.5. The molecule has 0 unspecified atom stereocenters. The van der Waals surface area contributed by atoms with Gasteiger partial charge in [0.15, 0.2) is 0 Å². The first-order valence-corrected chi connectivity index (χ1v) is 9.24. The Kier molecular flexibility index (Phi) is 8.13. The summed E-state index contributed by atoms with van der Waals surface area (Å²) in [7, 11) is 0. The summed E-state index contributed by atoms with van der Waals surface area (Å²) >= 11 is 0. The summed E-state index contributed by atoms with van der Waals surface area (Å²) in [5.41, 5.74) is 7.10. The van der Waals surface area contributed by atoms with Gasteiger partial charge in [-0.15, -0.1) is 12.4 Å². The second-order valence-electron chi connectivity index (χ2n) is 6.94. The van der Waals surface area contributed by atoms with Crippen molar-refractivity contribution in [2.24, 2.45) is 11.1 Å². The number of halogens is 2. The van der Waals surface area contributed by atoms with Crippen LogP contribution in [0.15, 0.2) is 48.5 Å². The van der Waals surface area contributed by atoms with Crippen LogP contribution in [0.4, 0.5) is 10.1 Å². The molecule has 3 rings (SSSR count). The zero-order valence-electron chi connectivity index (χ0n) is 15.9. The average molecular weight is 422 g/mol. The molecule has 0 spiro atoms. The van der Waals surface area contributed by atoms with Gasteiger partial charge in [0.05, 0.1) is 5.41 Å². The highest BCUT2D eigenvalue weighted by Crippen LogP contribution is 2.29. The third-order valence-corrected chi connectivity index (χ3v) is 5.07. The van der Waals surface area contributed by atoms with Crippen molar-refractivity contribution in [1.82, 2.24) is 5.32 Å².